The summed E-state index contributed by atoms with van der Waals surface area (Å²) in [6.07, 6.45) is 0. The largest absolute Gasteiger partial charge is 0.486 e. The van der Waals surface area contributed by atoms with Crippen LogP contribution in [0.4, 0.5) is 4.39 Å². The highest BCUT2D eigenvalue weighted by Gasteiger charge is 2.13. The Morgan fingerprint density at radius 3 is 2.72 bits per heavy atom. The molecule has 0 spiro atoms. The van der Waals surface area contributed by atoms with Crippen LogP contribution in [0, 0.1) is 12.7 Å². The Morgan fingerprint density at radius 2 is 1.96 bits per heavy atom. The van der Waals surface area contributed by atoms with Crippen molar-refractivity contribution in [3.05, 3.63) is 71.3 Å². The average molecular weight is 357 g/mol. The van der Waals surface area contributed by atoms with E-state index in [1.165, 1.54) is 17.8 Å². The number of thioether (sulfide) groups is 1. The summed E-state index contributed by atoms with van der Waals surface area (Å²) in [6, 6.07) is 14.7. The second kappa shape index (κ2) is 8.16. The number of aryl methyl sites for hydroxylation is 1. The maximum absolute atomic E-state index is 13.7. The third-order valence-electron chi connectivity index (χ3n) is 3.78. The quantitative estimate of drug-likeness (QED) is 0.579. The minimum atomic E-state index is -0.194. The molecule has 1 heterocycles. The molecule has 0 unspecified atom stereocenters. The van der Waals surface area contributed by atoms with Gasteiger partial charge in [0, 0.05) is 12.3 Å². The van der Waals surface area contributed by atoms with Crippen LogP contribution in [0.15, 0.2) is 53.7 Å². The van der Waals surface area contributed by atoms with Crippen LogP contribution < -0.4 is 4.74 Å². The fourth-order valence-corrected chi connectivity index (χ4v) is 3.47. The summed E-state index contributed by atoms with van der Waals surface area (Å²) >= 11 is 1.48. The maximum atomic E-state index is 13.7. The predicted molar refractivity (Wildman–Crippen MR) is 97.2 cm³/mol. The van der Waals surface area contributed by atoms with E-state index < -0.39 is 0 Å². The standard InChI is InChI=1S/C19H20FN3OS/c1-3-23-18(12-24-16-9-6-7-14(2)11-16)21-22-19(23)25-13-15-8-4-5-10-17(15)20/h4-11H,3,12-13H2,1-2H3. The number of rotatable bonds is 7. The molecule has 4 nitrogen and oxygen atoms in total. The minimum absolute atomic E-state index is 0.194. The third-order valence-corrected chi connectivity index (χ3v) is 4.80. The van der Waals surface area contributed by atoms with Crippen molar-refractivity contribution in [3.8, 4) is 5.75 Å². The predicted octanol–water partition coefficient (Wildman–Crippen LogP) is 4.62. The summed E-state index contributed by atoms with van der Waals surface area (Å²) in [5.41, 5.74) is 1.81. The van der Waals surface area contributed by atoms with Crippen LogP contribution in [0.25, 0.3) is 0 Å². The Kier molecular flexibility index (Phi) is 5.71. The molecular weight excluding hydrogens is 337 g/mol. The van der Waals surface area contributed by atoms with Gasteiger partial charge < -0.3 is 9.30 Å². The first-order valence-electron chi connectivity index (χ1n) is 8.15. The number of benzene rings is 2. The van der Waals surface area contributed by atoms with E-state index in [2.05, 4.69) is 10.2 Å². The summed E-state index contributed by atoms with van der Waals surface area (Å²) in [6.45, 7) is 5.15. The van der Waals surface area contributed by atoms with E-state index in [4.69, 9.17) is 4.74 Å². The van der Waals surface area contributed by atoms with Gasteiger partial charge in [0.15, 0.2) is 11.0 Å². The molecule has 2 aromatic carbocycles. The van der Waals surface area contributed by atoms with Crippen LogP contribution in [-0.2, 0) is 18.9 Å². The lowest BCUT2D eigenvalue weighted by atomic mass is 10.2. The van der Waals surface area contributed by atoms with E-state index in [1.54, 1.807) is 12.1 Å². The zero-order chi connectivity index (χ0) is 17.6. The van der Waals surface area contributed by atoms with E-state index in [9.17, 15) is 4.39 Å². The van der Waals surface area contributed by atoms with Crippen LogP contribution in [-0.4, -0.2) is 14.8 Å². The Labute approximate surface area is 151 Å². The number of halogens is 1. The Morgan fingerprint density at radius 1 is 1.12 bits per heavy atom. The molecule has 0 atom stereocenters. The lowest BCUT2D eigenvalue weighted by Crippen LogP contribution is -2.07. The number of hydrogen-bond donors (Lipinski definition) is 0. The monoisotopic (exact) mass is 357 g/mol. The van der Waals surface area contributed by atoms with Gasteiger partial charge in [-0.1, -0.05) is 42.1 Å². The van der Waals surface area contributed by atoms with Crippen LogP contribution >= 0.6 is 11.8 Å². The van der Waals surface area contributed by atoms with Crippen molar-refractivity contribution in [1.82, 2.24) is 14.8 Å². The van der Waals surface area contributed by atoms with Crippen molar-refractivity contribution in [2.24, 2.45) is 0 Å². The van der Waals surface area contributed by atoms with Gasteiger partial charge in [0.1, 0.15) is 18.2 Å². The van der Waals surface area contributed by atoms with Crippen molar-refractivity contribution in [2.45, 2.75) is 37.9 Å². The maximum Gasteiger partial charge on any atom is 0.191 e. The van der Waals surface area contributed by atoms with Gasteiger partial charge in [-0.3, -0.25) is 0 Å². The first kappa shape index (κ1) is 17.5. The summed E-state index contributed by atoms with van der Waals surface area (Å²) < 4.78 is 21.6. The van der Waals surface area contributed by atoms with Gasteiger partial charge in [-0.2, -0.15) is 0 Å². The third kappa shape index (κ3) is 4.39. The fourth-order valence-electron chi connectivity index (χ4n) is 2.46. The van der Waals surface area contributed by atoms with Gasteiger partial charge in [-0.15, -0.1) is 10.2 Å². The van der Waals surface area contributed by atoms with Gasteiger partial charge >= 0.3 is 0 Å². The highest BCUT2D eigenvalue weighted by atomic mass is 32.2. The molecule has 0 aliphatic rings. The molecule has 0 fully saturated rings. The molecule has 25 heavy (non-hydrogen) atoms. The molecule has 0 aliphatic heterocycles. The van der Waals surface area contributed by atoms with Crippen LogP contribution in [0.3, 0.4) is 0 Å². The van der Waals surface area contributed by atoms with E-state index >= 15 is 0 Å². The summed E-state index contributed by atoms with van der Waals surface area (Å²) in [4.78, 5) is 0. The van der Waals surface area contributed by atoms with Crippen molar-refractivity contribution >= 4 is 11.8 Å². The zero-order valence-electron chi connectivity index (χ0n) is 14.3. The first-order valence-corrected chi connectivity index (χ1v) is 9.13. The molecule has 0 saturated carbocycles. The van der Waals surface area contributed by atoms with E-state index in [0.29, 0.717) is 17.9 Å². The SMILES string of the molecule is CCn1c(COc2cccc(C)c2)nnc1SCc1ccccc1F. The number of hydrogen-bond acceptors (Lipinski definition) is 4. The van der Waals surface area contributed by atoms with Crippen molar-refractivity contribution in [3.63, 3.8) is 0 Å². The molecule has 1 aromatic heterocycles. The molecule has 0 N–H and O–H groups in total. The Bertz CT molecular complexity index is 850. The lowest BCUT2D eigenvalue weighted by molar-refractivity contribution is 0.288. The number of ether oxygens (including phenoxy) is 1. The van der Waals surface area contributed by atoms with Crippen molar-refractivity contribution in [1.29, 1.82) is 0 Å². The van der Waals surface area contributed by atoms with Crippen molar-refractivity contribution in [2.75, 3.05) is 0 Å². The van der Waals surface area contributed by atoms with Crippen LogP contribution in [0.2, 0.25) is 0 Å². The van der Waals surface area contributed by atoms with Gasteiger partial charge in [0.05, 0.1) is 0 Å². The molecule has 0 bridgehead atoms. The van der Waals surface area contributed by atoms with E-state index in [-0.39, 0.29) is 5.82 Å². The molecule has 0 radical (unpaired) electrons. The fraction of sp³-hybridized carbons (Fsp3) is 0.263. The molecule has 6 heteroatoms. The van der Waals surface area contributed by atoms with Crippen LogP contribution in [0.5, 0.6) is 5.75 Å². The Balaban J connectivity index is 1.67. The van der Waals surface area contributed by atoms with Gasteiger partial charge in [-0.05, 0) is 43.2 Å². The molecule has 3 rings (SSSR count). The van der Waals surface area contributed by atoms with Crippen molar-refractivity contribution < 1.29 is 9.13 Å². The summed E-state index contributed by atoms with van der Waals surface area (Å²) in [5, 5.41) is 9.24. The Hall–Kier alpha value is -2.34. The molecule has 0 aliphatic carbocycles. The van der Waals surface area contributed by atoms with E-state index in [1.807, 2.05) is 48.7 Å². The highest BCUT2D eigenvalue weighted by Crippen LogP contribution is 2.24. The summed E-state index contributed by atoms with van der Waals surface area (Å²) in [7, 11) is 0. The lowest BCUT2D eigenvalue weighted by Gasteiger charge is -2.09. The number of aromatic nitrogens is 3. The molecular formula is C19H20FN3OS. The highest BCUT2D eigenvalue weighted by molar-refractivity contribution is 7.98. The molecule has 3 aromatic rings. The molecule has 0 saturated heterocycles. The van der Waals surface area contributed by atoms with Gasteiger partial charge in [-0.25, -0.2) is 4.39 Å². The smallest absolute Gasteiger partial charge is 0.191 e. The summed E-state index contributed by atoms with van der Waals surface area (Å²) in [5.74, 6) is 1.90. The zero-order valence-corrected chi connectivity index (χ0v) is 15.1. The number of nitrogens with zero attached hydrogens (tertiary/aromatic N) is 3. The molecule has 0 amide bonds. The van der Waals surface area contributed by atoms with Gasteiger partial charge in [0.2, 0.25) is 0 Å². The second-order valence-electron chi connectivity index (χ2n) is 5.63. The van der Waals surface area contributed by atoms with Crippen LogP contribution in [0.1, 0.15) is 23.9 Å². The topological polar surface area (TPSA) is 39.9 Å². The average Bonchev–Trinajstić information content (AvgIpc) is 3.01. The normalized spacial score (nSPS) is 10.8. The van der Waals surface area contributed by atoms with Gasteiger partial charge in [0.25, 0.3) is 0 Å². The first-order chi connectivity index (χ1) is 12.2. The van der Waals surface area contributed by atoms with E-state index in [0.717, 1.165) is 28.8 Å². The molecule has 130 valence electrons. The second-order valence-corrected chi connectivity index (χ2v) is 6.57. The minimum Gasteiger partial charge on any atom is -0.486 e.